The molecule has 1 aliphatic rings. The predicted molar refractivity (Wildman–Crippen MR) is 54.8 cm³/mol. The molecule has 0 aliphatic heterocycles. The van der Waals surface area contributed by atoms with Gasteiger partial charge in [0.15, 0.2) is 0 Å². The first-order valence-electron chi connectivity index (χ1n) is 4.96. The average molecular weight is 240 g/mol. The van der Waals surface area contributed by atoms with Gasteiger partial charge in [-0.05, 0) is 24.7 Å². The zero-order valence-corrected chi connectivity index (χ0v) is 12.7. The molecule has 0 fully saturated rings. The Balaban J connectivity index is 0.00000196. The van der Waals surface area contributed by atoms with Gasteiger partial charge in [0.2, 0.25) is 0 Å². The predicted octanol–water partition coefficient (Wildman–Crippen LogP) is -1.08. The quantitative estimate of drug-likeness (QED) is 0.350. The van der Waals surface area contributed by atoms with Gasteiger partial charge in [-0.15, -0.1) is 0 Å². The van der Waals surface area contributed by atoms with Crippen molar-refractivity contribution < 1.29 is 42.5 Å². The van der Waals surface area contributed by atoms with Crippen molar-refractivity contribution >= 4 is 10.1 Å². The smallest absolute Gasteiger partial charge is 0.748 e. The Bertz CT molecular complexity index is 333. The topological polar surface area (TPSA) is 57.2 Å². The van der Waals surface area contributed by atoms with Crippen molar-refractivity contribution in [1.29, 1.82) is 0 Å². The molecule has 0 radical (unpaired) electrons. The van der Waals surface area contributed by atoms with E-state index in [0.29, 0.717) is 18.8 Å². The molecule has 0 amide bonds. The minimum absolute atomic E-state index is 0. The molecule has 0 saturated carbocycles. The largest absolute Gasteiger partial charge is 1.00 e. The second-order valence-corrected chi connectivity index (χ2v) is 5.97. The zero-order valence-electron chi connectivity index (χ0n) is 9.86. The molecule has 82 valence electrons. The third kappa shape index (κ3) is 4.19. The van der Waals surface area contributed by atoms with Crippen LogP contribution in [-0.4, -0.2) is 18.2 Å². The number of allylic oxidation sites excluding steroid dienone is 2. The van der Waals surface area contributed by atoms with Crippen LogP contribution in [0.3, 0.4) is 0 Å². The zero-order chi connectivity index (χ0) is 10.9. The van der Waals surface area contributed by atoms with Crippen LogP contribution in [0.1, 0.15) is 33.6 Å². The maximum Gasteiger partial charge on any atom is 1.00 e. The van der Waals surface area contributed by atoms with E-state index in [4.69, 9.17) is 0 Å². The van der Waals surface area contributed by atoms with E-state index in [1.54, 1.807) is 0 Å². The normalized spacial score (nSPS) is 27.1. The van der Waals surface area contributed by atoms with Crippen LogP contribution in [-0.2, 0) is 10.1 Å². The SMILES string of the molecule is CC(C)C1=CCC(C)C(S(=O)(=O)[O-])C1.[Na+]. The summed E-state index contributed by atoms with van der Waals surface area (Å²) >= 11 is 0. The van der Waals surface area contributed by atoms with Crippen LogP contribution in [0.25, 0.3) is 0 Å². The van der Waals surface area contributed by atoms with Crippen molar-refractivity contribution in [3.63, 3.8) is 0 Å². The second kappa shape index (κ2) is 5.82. The minimum Gasteiger partial charge on any atom is -0.748 e. The molecule has 1 rings (SSSR count). The summed E-state index contributed by atoms with van der Waals surface area (Å²) in [5, 5.41) is -0.718. The van der Waals surface area contributed by atoms with Crippen LogP contribution in [0.4, 0.5) is 0 Å². The molecule has 2 unspecified atom stereocenters. The summed E-state index contributed by atoms with van der Waals surface area (Å²) < 4.78 is 32.9. The van der Waals surface area contributed by atoms with Gasteiger partial charge in [0.1, 0.15) is 0 Å². The van der Waals surface area contributed by atoms with Gasteiger partial charge in [-0.3, -0.25) is 0 Å². The number of hydrogen-bond acceptors (Lipinski definition) is 3. The first kappa shape index (κ1) is 15.7. The van der Waals surface area contributed by atoms with Gasteiger partial charge in [0.05, 0.1) is 15.4 Å². The Morgan fingerprint density at radius 3 is 2.40 bits per heavy atom. The molecule has 0 spiro atoms. The molecular weight excluding hydrogens is 223 g/mol. The molecule has 0 aromatic carbocycles. The van der Waals surface area contributed by atoms with Crippen molar-refractivity contribution in [2.45, 2.75) is 38.9 Å². The molecule has 5 heteroatoms. The summed E-state index contributed by atoms with van der Waals surface area (Å²) in [4.78, 5) is 0. The third-order valence-corrected chi connectivity index (χ3v) is 4.31. The molecule has 0 heterocycles. The molecular formula is C10H17NaO3S. The summed E-state index contributed by atoms with van der Waals surface area (Å²) in [6.07, 6.45) is 3.21. The van der Waals surface area contributed by atoms with Crippen molar-refractivity contribution in [3.05, 3.63) is 11.6 Å². The molecule has 15 heavy (non-hydrogen) atoms. The van der Waals surface area contributed by atoms with E-state index in [1.807, 2.05) is 20.8 Å². The van der Waals surface area contributed by atoms with Gasteiger partial charge in [-0.1, -0.05) is 32.4 Å². The van der Waals surface area contributed by atoms with Crippen molar-refractivity contribution in [2.24, 2.45) is 11.8 Å². The fourth-order valence-electron chi connectivity index (χ4n) is 1.86. The summed E-state index contributed by atoms with van der Waals surface area (Å²) in [6, 6.07) is 0. The van der Waals surface area contributed by atoms with E-state index in [2.05, 4.69) is 6.08 Å². The molecule has 3 nitrogen and oxygen atoms in total. The second-order valence-electron chi connectivity index (χ2n) is 4.38. The molecule has 0 N–H and O–H groups in total. The summed E-state index contributed by atoms with van der Waals surface area (Å²) in [5.41, 5.74) is 1.10. The van der Waals surface area contributed by atoms with E-state index < -0.39 is 15.4 Å². The Morgan fingerprint density at radius 1 is 1.47 bits per heavy atom. The third-order valence-electron chi connectivity index (χ3n) is 2.94. The molecule has 0 saturated heterocycles. The van der Waals surface area contributed by atoms with Crippen molar-refractivity contribution in [2.75, 3.05) is 0 Å². The Morgan fingerprint density at radius 2 is 2.00 bits per heavy atom. The van der Waals surface area contributed by atoms with Crippen LogP contribution in [0.2, 0.25) is 0 Å². The van der Waals surface area contributed by atoms with E-state index >= 15 is 0 Å². The van der Waals surface area contributed by atoms with E-state index in [0.717, 1.165) is 5.57 Å². The van der Waals surface area contributed by atoms with E-state index in [9.17, 15) is 13.0 Å². The van der Waals surface area contributed by atoms with Crippen LogP contribution in [0, 0.1) is 11.8 Å². The molecule has 0 aromatic heterocycles. The summed E-state index contributed by atoms with van der Waals surface area (Å²) in [7, 11) is -4.13. The molecule has 0 aromatic rings. The standard InChI is InChI=1S/C10H18O3S.Na/c1-7(2)9-5-4-8(3)10(6-9)14(11,12)13;/h5,7-8,10H,4,6H2,1-3H3,(H,11,12,13);/q;+1/p-1. The van der Waals surface area contributed by atoms with E-state index in [-0.39, 0.29) is 35.5 Å². The van der Waals surface area contributed by atoms with E-state index in [1.165, 1.54) is 0 Å². The van der Waals surface area contributed by atoms with Crippen LogP contribution >= 0.6 is 0 Å². The Labute approximate surface area is 114 Å². The first-order valence-corrected chi connectivity index (χ1v) is 6.43. The number of hydrogen-bond donors (Lipinski definition) is 0. The molecule has 0 bridgehead atoms. The van der Waals surface area contributed by atoms with Gasteiger partial charge in [0.25, 0.3) is 0 Å². The van der Waals surface area contributed by atoms with Gasteiger partial charge in [-0.2, -0.15) is 0 Å². The van der Waals surface area contributed by atoms with Crippen molar-refractivity contribution in [3.8, 4) is 0 Å². The molecule has 2 atom stereocenters. The number of rotatable bonds is 2. The monoisotopic (exact) mass is 240 g/mol. The van der Waals surface area contributed by atoms with Gasteiger partial charge < -0.3 is 4.55 Å². The van der Waals surface area contributed by atoms with Gasteiger partial charge >= 0.3 is 29.6 Å². The van der Waals surface area contributed by atoms with Gasteiger partial charge in [-0.25, -0.2) is 8.42 Å². The fraction of sp³-hybridized carbons (Fsp3) is 0.800. The maximum atomic E-state index is 11.0. The average Bonchev–Trinajstić information content (AvgIpc) is 2.02. The Hall–Kier alpha value is 0.650. The fourth-order valence-corrected chi connectivity index (χ4v) is 2.94. The minimum atomic E-state index is -4.13. The van der Waals surface area contributed by atoms with Crippen LogP contribution < -0.4 is 29.6 Å². The molecule has 1 aliphatic carbocycles. The summed E-state index contributed by atoms with van der Waals surface area (Å²) in [5.74, 6) is 0.298. The Kier molecular flexibility index (Phi) is 6.08. The van der Waals surface area contributed by atoms with Crippen molar-refractivity contribution in [1.82, 2.24) is 0 Å². The first-order chi connectivity index (χ1) is 6.32. The summed E-state index contributed by atoms with van der Waals surface area (Å²) in [6.45, 7) is 5.88. The van der Waals surface area contributed by atoms with Gasteiger partial charge in [0, 0.05) is 0 Å². The van der Waals surface area contributed by atoms with Crippen LogP contribution in [0.15, 0.2) is 11.6 Å². The van der Waals surface area contributed by atoms with Crippen LogP contribution in [0.5, 0.6) is 0 Å². The maximum absolute atomic E-state index is 11.0.